The Hall–Kier alpha value is -4.95. The second kappa shape index (κ2) is 12.8. The Bertz CT molecular complexity index is 2190. The van der Waals surface area contributed by atoms with Crippen molar-refractivity contribution < 1.29 is 27.8 Å². The van der Waals surface area contributed by atoms with Crippen LogP contribution in [0.2, 0.25) is 5.02 Å². The lowest BCUT2D eigenvalue weighted by Gasteiger charge is -2.17. The number of carboxylic acid groups (broad SMARTS) is 1. The van der Waals surface area contributed by atoms with Crippen molar-refractivity contribution in [2.45, 2.75) is 19.6 Å². The molecule has 0 bridgehead atoms. The number of thiophene rings is 1. The number of rotatable bonds is 7. The van der Waals surface area contributed by atoms with E-state index in [1.54, 1.807) is 49.3 Å². The molecule has 9 nitrogen and oxygen atoms in total. The summed E-state index contributed by atoms with van der Waals surface area (Å²) in [5.74, 6) is 4.48. The fourth-order valence-electron chi connectivity index (χ4n) is 4.89. The van der Waals surface area contributed by atoms with Crippen LogP contribution in [0, 0.1) is 30.1 Å². The molecule has 0 amide bonds. The molecule has 0 saturated heterocycles. The van der Waals surface area contributed by atoms with E-state index in [4.69, 9.17) is 16.3 Å². The van der Waals surface area contributed by atoms with Gasteiger partial charge in [0, 0.05) is 27.7 Å². The van der Waals surface area contributed by atoms with Crippen LogP contribution in [-0.4, -0.2) is 57.8 Å². The van der Waals surface area contributed by atoms with E-state index in [1.165, 1.54) is 34.4 Å². The number of nitrogens with zero attached hydrogens (tertiary/aromatic N) is 5. The molecule has 0 spiro atoms. The quantitative estimate of drug-likeness (QED) is 0.204. The Balaban J connectivity index is 1.54. The highest BCUT2D eigenvalue weighted by Gasteiger charge is 2.36. The molecular formula is C32H23ClF3N5O4S. The summed E-state index contributed by atoms with van der Waals surface area (Å²) in [6.45, 7) is 1.48. The lowest BCUT2D eigenvalue weighted by Crippen LogP contribution is -2.28. The average Bonchev–Trinajstić information content (AvgIpc) is 3.43. The largest absolute Gasteiger partial charge is 0.491 e. The van der Waals surface area contributed by atoms with Crippen molar-refractivity contribution in [3.8, 4) is 34.8 Å². The van der Waals surface area contributed by atoms with Crippen LogP contribution in [0.25, 0.3) is 32.2 Å². The van der Waals surface area contributed by atoms with Gasteiger partial charge in [0.2, 0.25) is 0 Å². The number of pyridine rings is 1. The van der Waals surface area contributed by atoms with Crippen LogP contribution in [0.3, 0.4) is 0 Å². The summed E-state index contributed by atoms with van der Waals surface area (Å²) in [7, 11) is 3.39. The number of aromatic nitrogens is 3. The highest BCUT2D eigenvalue weighted by molar-refractivity contribution is 7.18. The standard InChI is InChI=1S/C32H23ClF3N5O4S/c1-17-39-25-14-24(32(34,35)36)19(5-4-10-40(2)3)22(15-37)27(25)30(42)41(17)11-12-45-26-7-6-18(33)13-21(26)20-8-9-38-28-23(31(43)44)16-46-29(20)28/h6-9,13-14,16H,10-12H2,1-3H3,(H,43,44). The molecule has 3 heterocycles. The molecule has 0 fully saturated rings. The highest BCUT2D eigenvalue weighted by Crippen LogP contribution is 2.40. The van der Waals surface area contributed by atoms with Crippen molar-refractivity contribution in [3.63, 3.8) is 0 Å². The number of nitriles is 1. The van der Waals surface area contributed by atoms with Gasteiger partial charge in [0.05, 0.1) is 56.5 Å². The number of ether oxygens (including phenoxy) is 1. The van der Waals surface area contributed by atoms with E-state index in [1.807, 2.05) is 0 Å². The highest BCUT2D eigenvalue weighted by atomic mass is 35.5. The Morgan fingerprint density at radius 2 is 1.96 bits per heavy atom. The molecule has 0 aliphatic carbocycles. The predicted octanol–water partition coefficient (Wildman–Crippen LogP) is 6.22. The van der Waals surface area contributed by atoms with Crippen LogP contribution in [0.5, 0.6) is 5.75 Å². The molecular weight excluding hydrogens is 643 g/mol. The number of aromatic carboxylic acids is 1. The van der Waals surface area contributed by atoms with Crippen LogP contribution in [0.1, 0.15) is 32.9 Å². The topological polar surface area (TPSA) is 121 Å². The zero-order valence-electron chi connectivity index (χ0n) is 24.5. The first kappa shape index (κ1) is 32.4. The predicted molar refractivity (Wildman–Crippen MR) is 168 cm³/mol. The van der Waals surface area contributed by atoms with Gasteiger partial charge in [-0.25, -0.2) is 9.78 Å². The van der Waals surface area contributed by atoms with E-state index in [9.17, 15) is 33.1 Å². The fraction of sp³-hybridized carbons (Fsp3) is 0.219. The molecule has 0 unspecified atom stereocenters. The number of hydrogen-bond donors (Lipinski definition) is 1. The van der Waals surface area contributed by atoms with E-state index in [0.717, 1.165) is 6.07 Å². The number of halogens is 4. The number of alkyl halides is 3. The van der Waals surface area contributed by atoms with Crippen molar-refractivity contribution in [1.82, 2.24) is 19.4 Å². The molecule has 0 saturated carbocycles. The first-order chi connectivity index (χ1) is 21.8. The monoisotopic (exact) mass is 665 g/mol. The van der Waals surface area contributed by atoms with Crippen molar-refractivity contribution >= 4 is 50.0 Å². The van der Waals surface area contributed by atoms with Gasteiger partial charge in [0.25, 0.3) is 5.56 Å². The Morgan fingerprint density at radius 1 is 1.20 bits per heavy atom. The molecule has 0 atom stereocenters. The average molecular weight is 666 g/mol. The second-order valence-electron chi connectivity index (χ2n) is 10.3. The molecule has 3 aromatic heterocycles. The number of benzene rings is 2. The minimum absolute atomic E-state index is 0.0584. The van der Waals surface area contributed by atoms with Crippen molar-refractivity contribution in [3.05, 3.63) is 85.4 Å². The number of fused-ring (bicyclic) bond motifs is 2. The van der Waals surface area contributed by atoms with Crippen molar-refractivity contribution in [2.75, 3.05) is 27.2 Å². The number of carboxylic acids is 1. The lowest BCUT2D eigenvalue weighted by atomic mass is 9.97. The van der Waals surface area contributed by atoms with Gasteiger partial charge in [-0.3, -0.25) is 19.2 Å². The smallest absolute Gasteiger partial charge is 0.417 e. The molecule has 46 heavy (non-hydrogen) atoms. The zero-order valence-corrected chi connectivity index (χ0v) is 26.1. The summed E-state index contributed by atoms with van der Waals surface area (Å²) >= 11 is 7.52. The molecule has 5 rings (SSSR count). The van der Waals surface area contributed by atoms with Crippen molar-refractivity contribution in [2.24, 2.45) is 0 Å². The maximum Gasteiger partial charge on any atom is 0.417 e. The van der Waals surface area contributed by atoms with Gasteiger partial charge in [-0.2, -0.15) is 18.4 Å². The minimum atomic E-state index is -4.84. The molecule has 1 N–H and O–H groups in total. The van der Waals surface area contributed by atoms with E-state index >= 15 is 0 Å². The number of aryl methyl sites for hydroxylation is 1. The van der Waals surface area contributed by atoms with Crippen LogP contribution in [0.4, 0.5) is 13.2 Å². The minimum Gasteiger partial charge on any atom is -0.491 e. The van der Waals surface area contributed by atoms with E-state index < -0.39 is 34.4 Å². The van der Waals surface area contributed by atoms with Gasteiger partial charge in [0.1, 0.15) is 24.3 Å². The van der Waals surface area contributed by atoms with Crippen molar-refractivity contribution in [1.29, 1.82) is 5.26 Å². The van der Waals surface area contributed by atoms with Crippen LogP contribution in [0.15, 0.2) is 46.7 Å². The third-order valence-corrected chi connectivity index (χ3v) is 8.19. The summed E-state index contributed by atoms with van der Waals surface area (Å²) in [4.78, 5) is 35.5. The maximum atomic E-state index is 14.0. The summed E-state index contributed by atoms with van der Waals surface area (Å²) in [5, 5.41) is 21.1. The molecule has 0 aliphatic rings. The van der Waals surface area contributed by atoms with Crippen LogP contribution >= 0.6 is 22.9 Å². The number of hydrogen-bond acceptors (Lipinski definition) is 8. The molecule has 5 aromatic rings. The first-order valence-corrected chi connectivity index (χ1v) is 14.8. The molecule has 2 aromatic carbocycles. The van der Waals surface area contributed by atoms with E-state index in [-0.39, 0.29) is 42.0 Å². The van der Waals surface area contributed by atoms with Gasteiger partial charge in [0.15, 0.2) is 0 Å². The number of carbonyl (C=O) groups is 1. The second-order valence-corrected chi connectivity index (χ2v) is 11.6. The molecule has 234 valence electrons. The summed E-state index contributed by atoms with van der Waals surface area (Å²) < 4.78 is 50.0. The van der Waals surface area contributed by atoms with Crippen LogP contribution in [-0.2, 0) is 12.7 Å². The van der Waals surface area contributed by atoms with E-state index in [2.05, 4.69) is 21.8 Å². The normalized spacial score (nSPS) is 11.5. The van der Waals surface area contributed by atoms with Crippen LogP contribution < -0.4 is 10.3 Å². The third-order valence-electron chi connectivity index (χ3n) is 6.95. The van der Waals surface area contributed by atoms with Gasteiger partial charge >= 0.3 is 12.1 Å². The summed E-state index contributed by atoms with van der Waals surface area (Å²) in [6, 6.07) is 9.13. The SMILES string of the molecule is Cc1nc2cc(C(F)(F)F)c(C#CCN(C)C)c(C#N)c2c(=O)n1CCOc1ccc(Cl)cc1-c1ccnc2c(C(=O)O)csc12. The summed E-state index contributed by atoms with van der Waals surface area (Å²) in [6.07, 6.45) is -3.35. The van der Waals surface area contributed by atoms with Gasteiger partial charge < -0.3 is 9.84 Å². The van der Waals surface area contributed by atoms with E-state index in [0.29, 0.717) is 32.1 Å². The summed E-state index contributed by atoms with van der Waals surface area (Å²) in [5.41, 5.74) is -1.61. The maximum absolute atomic E-state index is 14.0. The molecule has 14 heteroatoms. The molecule has 0 radical (unpaired) electrons. The fourth-order valence-corrected chi connectivity index (χ4v) is 6.09. The first-order valence-electron chi connectivity index (χ1n) is 13.5. The molecule has 0 aliphatic heterocycles. The zero-order chi connectivity index (χ0) is 33.3. The third kappa shape index (κ3) is 6.26. The van der Waals surface area contributed by atoms with Gasteiger partial charge in [-0.1, -0.05) is 23.4 Å². The van der Waals surface area contributed by atoms with Gasteiger partial charge in [-0.05, 0) is 51.4 Å². The Labute approximate surface area is 269 Å². The lowest BCUT2D eigenvalue weighted by molar-refractivity contribution is -0.137. The Morgan fingerprint density at radius 3 is 2.63 bits per heavy atom. The Kier molecular flexibility index (Phi) is 9.03. The van der Waals surface area contributed by atoms with Gasteiger partial charge in [-0.15, -0.1) is 11.3 Å².